The number of hydrogen-bond donors (Lipinski definition) is 3. The minimum Gasteiger partial charge on any atom is -0.460 e. The molecule has 1 saturated carbocycles. The van der Waals surface area contributed by atoms with Crippen molar-refractivity contribution < 1.29 is 58.4 Å². The fraction of sp³-hybridized carbons (Fsp3) is 0.745. The van der Waals surface area contributed by atoms with E-state index in [9.17, 15) is 48.9 Å². The van der Waals surface area contributed by atoms with Gasteiger partial charge in [-0.1, -0.05) is 73.1 Å². The molecule has 0 bridgehead atoms. The quantitative estimate of drug-likeness (QED) is 0.0316. The van der Waals surface area contributed by atoms with Crippen molar-refractivity contribution in [3.63, 3.8) is 0 Å². The van der Waals surface area contributed by atoms with Gasteiger partial charge in [0.25, 0.3) is 11.7 Å². The van der Waals surface area contributed by atoms with Gasteiger partial charge in [-0.05, 0) is 132 Å². The van der Waals surface area contributed by atoms with Crippen LogP contribution in [0.15, 0.2) is 35.5 Å². The highest BCUT2D eigenvalue weighted by molar-refractivity contribution is 6.39. The third kappa shape index (κ3) is 14.9. The number of allylic oxidation sites excluding steroid dienone is 5. The molecule has 3 aliphatic rings. The fourth-order valence-corrected chi connectivity index (χ4v) is 9.99. The van der Waals surface area contributed by atoms with Gasteiger partial charge in [0.2, 0.25) is 5.79 Å². The molecule has 0 radical (unpaired) electrons. The molecule has 1 aliphatic carbocycles. The highest BCUT2D eigenvalue weighted by Crippen LogP contribution is 2.38. The third-order valence-corrected chi connectivity index (χ3v) is 14.6. The van der Waals surface area contributed by atoms with Gasteiger partial charge in [-0.15, -0.1) is 0 Å². The van der Waals surface area contributed by atoms with Crippen LogP contribution in [0.3, 0.4) is 0 Å². The number of carbonyl (C=O) groups is 7. The molecule has 2 saturated heterocycles. The normalized spacial score (nSPS) is 29.7. The lowest BCUT2D eigenvalue weighted by atomic mass is 9.75. The van der Waals surface area contributed by atoms with Crippen LogP contribution < -0.4 is 0 Å². The Labute approximate surface area is 381 Å². The van der Waals surface area contributed by atoms with Crippen molar-refractivity contribution in [3.8, 4) is 0 Å². The summed E-state index contributed by atoms with van der Waals surface area (Å²) >= 11 is 0. The molecule has 0 aromatic carbocycles. The van der Waals surface area contributed by atoms with Gasteiger partial charge in [-0.2, -0.15) is 0 Å². The maximum absolute atomic E-state index is 14.3. The molecule has 2 unspecified atom stereocenters. The van der Waals surface area contributed by atoms with E-state index in [2.05, 4.69) is 0 Å². The second-order valence-corrected chi connectivity index (χ2v) is 20.0. The average Bonchev–Trinajstić information content (AvgIpc) is 3.26. The number of piperidine rings is 1. The Morgan fingerprint density at radius 1 is 0.875 bits per heavy atom. The van der Waals surface area contributed by atoms with E-state index in [1.807, 2.05) is 34.6 Å². The first-order chi connectivity index (χ1) is 30.0. The third-order valence-electron chi connectivity index (χ3n) is 14.6. The molecule has 0 aromatic rings. The number of aliphatic hydroxyl groups is 3. The zero-order valence-electron chi connectivity index (χ0n) is 40.2. The van der Waals surface area contributed by atoms with Crippen molar-refractivity contribution in [2.75, 3.05) is 6.54 Å². The molecule has 15 atom stereocenters. The number of carbonyl (C=O) groups excluding carboxylic acids is 7. The summed E-state index contributed by atoms with van der Waals surface area (Å²) in [5.74, 6) is -8.25. The molecule has 2 heterocycles. The lowest BCUT2D eigenvalue weighted by Crippen LogP contribution is -2.60. The average molecular weight is 898 g/mol. The molecule has 13 nitrogen and oxygen atoms in total. The molecule has 1 amide bonds. The molecule has 360 valence electrons. The minimum absolute atomic E-state index is 0.00602. The first-order valence-corrected chi connectivity index (χ1v) is 23.9. The summed E-state index contributed by atoms with van der Waals surface area (Å²) in [6.07, 6.45) is 10.7. The maximum atomic E-state index is 14.3. The van der Waals surface area contributed by atoms with Crippen LogP contribution in [-0.2, 0) is 43.0 Å². The van der Waals surface area contributed by atoms with Gasteiger partial charge < -0.3 is 29.7 Å². The summed E-state index contributed by atoms with van der Waals surface area (Å²) in [4.78, 5) is 92.7. The van der Waals surface area contributed by atoms with Crippen molar-refractivity contribution >= 4 is 41.8 Å². The van der Waals surface area contributed by atoms with Crippen LogP contribution in [0, 0.1) is 53.3 Å². The van der Waals surface area contributed by atoms with Crippen LogP contribution >= 0.6 is 0 Å². The van der Waals surface area contributed by atoms with E-state index in [4.69, 9.17) is 9.47 Å². The van der Waals surface area contributed by atoms with Crippen molar-refractivity contribution in [3.05, 3.63) is 35.5 Å². The topological polar surface area (TPSA) is 202 Å². The van der Waals surface area contributed by atoms with Crippen molar-refractivity contribution in [2.24, 2.45) is 53.3 Å². The minimum atomic E-state index is -2.41. The van der Waals surface area contributed by atoms with Gasteiger partial charge in [-0.3, -0.25) is 28.8 Å². The number of esters is 1. The molecule has 3 fully saturated rings. The Morgan fingerprint density at radius 3 is 2.20 bits per heavy atom. The van der Waals surface area contributed by atoms with Crippen molar-refractivity contribution in [1.29, 1.82) is 0 Å². The number of amides is 1. The van der Waals surface area contributed by atoms with Crippen molar-refractivity contribution in [1.82, 2.24) is 4.90 Å². The van der Waals surface area contributed by atoms with E-state index in [1.54, 1.807) is 46.8 Å². The molecular formula is C51H79NO12. The summed E-state index contributed by atoms with van der Waals surface area (Å²) in [6.45, 7) is 18.2. The Morgan fingerprint density at radius 2 is 1.56 bits per heavy atom. The monoisotopic (exact) mass is 898 g/mol. The van der Waals surface area contributed by atoms with Gasteiger partial charge in [0.15, 0.2) is 0 Å². The van der Waals surface area contributed by atoms with Crippen molar-refractivity contribution in [2.45, 2.75) is 183 Å². The van der Waals surface area contributed by atoms with Crippen LogP contribution in [-0.4, -0.2) is 105 Å². The van der Waals surface area contributed by atoms with Gasteiger partial charge in [-0.25, -0.2) is 4.79 Å². The Balaban J connectivity index is 1.81. The molecule has 64 heavy (non-hydrogen) atoms. The second kappa shape index (κ2) is 25.3. The molecule has 13 heteroatoms. The SMILES string of the molecule is C/C(=C\[C@@H](C)C(=O)CC(OC(=O)[C@@H]1CCCCN1C(=O)C(=O)[C@]1(O)O[C@H](C[C@H](C)/C(C)=C/C=O)CC[C@H]1C)[C@H](C)C[C@@H]1CC[C@@H](O)[C@H](C)C1)[C@@H](O)C(C)C(=O)[C@H](C)C[C@H](C)/C=C/C=O. The predicted molar refractivity (Wildman–Crippen MR) is 243 cm³/mol. The summed E-state index contributed by atoms with van der Waals surface area (Å²) in [7, 11) is 0. The molecule has 0 aromatic heterocycles. The number of rotatable bonds is 23. The number of ether oxygens (including phenoxy) is 2. The largest absolute Gasteiger partial charge is 0.460 e. The van der Waals surface area contributed by atoms with E-state index < -0.39 is 65.6 Å². The van der Waals surface area contributed by atoms with E-state index in [1.165, 1.54) is 17.1 Å². The smallest absolute Gasteiger partial charge is 0.329 e. The van der Waals surface area contributed by atoms with E-state index in [0.717, 1.165) is 18.4 Å². The summed E-state index contributed by atoms with van der Waals surface area (Å²) < 4.78 is 12.3. The van der Waals surface area contributed by atoms with E-state index in [-0.39, 0.29) is 72.6 Å². The van der Waals surface area contributed by atoms with Gasteiger partial charge >= 0.3 is 5.97 Å². The first kappa shape index (κ1) is 54.7. The van der Waals surface area contributed by atoms with Crippen LogP contribution in [0.1, 0.15) is 146 Å². The highest BCUT2D eigenvalue weighted by atomic mass is 16.6. The number of nitrogens with zero attached hydrogens (tertiary/aromatic N) is 1. The molecule has 0 spiro atoms. The number of aliphatic hydroxyl groups excluding tert-OH is 2. The fourth-order valence-electron chi connectivity index (χ4n) is 9.99. The van der Waals surface area contributed by atoms with E-state index >= 15 is 0 Å². The molecule has 3 rings (SSSR count). The Kier molecular flexibility index (Phi) is 21.6. The first-order valence-electron chi connectivity index (χ1n) is 23.9. The van der Waals surface area contributed by atoms with Crippen LogP contribution in [0.5, 0.6) is 0 Å². The summed E-state index contributed by atoms with van der Waals surface area (Å²) in [6, 6.07) is -1.13. The second-order valence-electron chi connectivity index (χ2n) is 20.0. The number of aldehydes is 2. The molecule has 3 N–H and O–H groups in total. The Bertz CT molecular complexity index is 1720. The number of Topliss-reactive ketones (excluding diaryl/α,β-unsaturated/α-hetero) is 3. The zero-order chi connectivity index (χ0) is 48.1. The molecular weight excluding hydrogens is 819 g/mol. The number of hydrogen-bond acceptors (Lipinski definition) is 12. The van der Waals surface area contributed by atoms with Crippen LogP contribution in [0.25, 0.3) is 0 Å². The predicted octanol–water partition coefficient (Wildman–Crippen LogP) is 6.87. The maximum Gasteiger partial charge on any atom is 0.329 e. The standard InChI is InChI=1S/C51H79NO12/c1-30(14-13-22-53)24-36(7)46(57)39(10)47(58)37(8)25-33(4)44(56)29-45(35(6)27-40-17-19-43(55)34(5)26-40)63-50(61)42-15-11-12-21-52(42)49(60)48(59)51(62)38(9)16-18-41(64-51)28-32(3)31(2)20-23-54/h13-14,20,22-23,25,30,32-36,38-43,45,47,55,58,62H,11-12,15-19,21,24,26-29H2,1-10H3/b14-13+,31-20+,37-25+/t30-,32+,33-,34-,35-,36-,38-,39?,40-,41+,42+,43-,45?,47-,51-/m1/s1. The highest BCUT2D eigenvalue weighted by Gasteiger charge is 2.53. The lowest BCUT2D eigenvalue weighted by molar-refractivity contribution is -0.264. The van der Waals surface area contributed by atoms with Crippen LogP contribution in [0.4, 0.5) is 0 Å². The summed E-state index contributed by atoms with van der Waals surface area (Å²) in [5, 5.41) is 33.4. The molecule has 2 aliphatic heterocycles. The summed E-state index contributed by atoms with van der Waals surface area (Å²) in [5.41, 5.74) is 1.29. The lowest BCUT2D eigenvalue weighted by Gasteiger charge is -2.42. The number of ketones is 3. The van der Waals surface area contributed by atoms with Crippen LogP contribution in [0.2, 0.25) is 0 Å². The van der Waals surface area contributed by atoms with Gasteiger partial charge in [0.05, 0.1) is 18.3 Å². The Hall–Kier alpha value is -3.65. The number of likely N-dealkylation sites (tertiary alicyclic amines) is 1. The van der Waals surface area contributed by atoms with E-state index in [0.29, 0.717) is 69.5 Å². The zero-order valence-corrected chi connectivity index (χ0v) is 40.2. The van der Waals surface area contributed by atoms with Gasteiger partial charge in [0.1, 0.15) is 36.3 Å². The van der Waals surface area contributed by atoms with Gasteiger partial charge in [0, 0.05) is 36.6 Å².